The molecule has 0 aliphatic rings. The monoisotopic (exact) mass is 288 g/mol. The topological polar surface area (TPSA) is 20.2 Å². The molecule has 0 spiro atoms. The number of rotatable bonds is 6. The maximum absolute atomic E-state index is 9.26. The third-order valence-electron chi connectivity index (χ3n) is 4.03. The molecule has 20 heavy (non-hydrogen) atoms. The number of hydrogen-bond donors (Lipinski definition) is 1. The molecule has 0 amide bonds. The van der Waals surface area contributed by atoms with E-state index in [0.29, 0.717) is 5.92 Å². The number of hydrogen-bond acceptors (Lipinski definition) is 2. The van der Waals surface area contributed by atoms with Gasteiger partial charge in [0.15, 0.2) is 0 Å². The molecule has 2 rings (SSSR count). The van der Waals surface area contributed by atoms with Gasteiger partial charge in [0.2, 0.25) is 0 Å². The SMILES string of the molecule is CCC(CCc1cc(C)cs1)c1ccc(CO)c(C)c1. The standard InChI is InChI=1S/C18H24OS/c1-4-15(7-8-18-9-13(2)12-20-18)16-5-6-17(11-19)14(3)10-16/h5-6,9-10,12,15,19H,4,7-8,11H2,1-3H3. The molecule has 1 aromatic heterocycles. The Morgan fingerprint density at radius 3 is 2.55 bits per heavy atom. The van der Waals surface area contributed by atoms with Gasteiger partial charge in [0.1, 0.15) is 0 Å². The van der Waals surface area contributed by atoms with Crippen molar-refractivity contribution >= 4 is 11.3 Å². The van der Waals surface area contributed by atoms with Gasteiger partial charge < -0.3 is 5.11 Å². The normalized spacial score (nSPS) is 12.6. The highest BCUT2D eigenvalue weighted by molar-refractivity contribution is 7.10. The minimum atomic E-state index is 0.136. The molecule has 1 nitrogen and oxygen atoms in total. The van der Waals surface area contributed by atoms with Gasteiger partial charge in [-0.05, 0) is 72.7 Å². The summed E-state index contributed by atoms with van der Waals surface area (Å²) in [6.07, 6.45) is 3.54. The predicted molar refractivity (Wildman–Crippen MR) is 87.5 cm³/mol. The average Bonchev–Trinajstić information content (AvgIpc) is 2.85. The van der Waals surface area contributed by atoms with Crippen LogP contribution in [0.5, 0.6) is 0 Å². The third kappa shape index (κ3) is 3.71. The highest BCUT2D eigenvalue weighted by Crippen LogP contribution is 2.28. The fraction of sp³-hybridized carbons (Fsp3) is 0.444. The van der Waals surface area contributed by atoms with E-state index < -0.39 is 0 Å². The van der Waals surface area contributed by atoms with E-state index in [-0.39, 0.29) is 6.61 Å². The molecule has 0 fully saturated rings. The minimum Gasteiger partial charge on any atom is -0.392 e. The molecule has 1 aromatic carbocycles. The van der Waals surface area contributed by atoms with Crippen molar-refractivity contribution in [3.8, 4) is 0 Å². The lowest BCUT2D eigenvalue weighted by Gasteiger charge is -2.16. The Balaban J connectivity index is 2.06. The molecule has 0 bridgehead atoms. The molecule has 0 radical (unpaired) electrons. The fourth-order valence-corrected chi connectivity index (χ4v) is 3.59. The summed E-state index contributed by atoms with van der Waals surface area (Å²) in [5.74, 6) is 0.615. The quantitative estimate of drug-likeness (QED) is 0.794. The molecule has 1 atom stereocenters. The second-order valence-corrected chi connectivity index (χ2v) is 6.57. The van der Waals surface area contributed by atoms with Gasteiger partial charge in [-0.15, -0.1) is 11.3 Å². The van der Waals surface area contributed by atoms with Crippen LogP contribution >= 0.6 is 11.3 Å². The summed E-state index contributed by atoms with van der Waals surface area (Å²) in [5.41, 5.74) is 5.03. The first-order valence-electron chi connectivity index (χ1n) is 7.38. The molecule has 0 aliphatic carbocycles. The van der Waals surface area contributed by atoms with E-state index in [1.165, 1.54) is 34.4 Å². The maximum Gasteiger partial charge on any atom is 0.0684 e. The zero-order valence-electron chi connectivity index (χ0n) is 12.6. The van der Waals surface area contributed by atoms with E-state index in [1.807, 2.05) is 11.3 Å². The van der Waals surface area contributed by atoms with Crippen molar-refractivity contribution in [3.63, 3.8) is 0 Å². The van der Waals surface area contributed by atoms with Gasteiger partial charge >= 0.3 is 0 Å². The van der Waals surface area contributed by atoms with Gasteiger partial charge in [-0.1, -0.05) is 25.1 Å². The zero-order valence-corrected chi connectivity index (χ0v) is 13.5. The molecule has 2 heteroatoms. The molecule has 0 aliphatic heterocycles. The van der Waals surface area contributed by atoms with E-state index in [0.717, 1.165) is 12.0 Å². The Morgan fingerprint density at radius 2 is 2.00 bits per heavy atom. The number of aliphatic hydroxyl groups excluding tert-OH is 1. The van der Waals surface area contributed by atoms with E-state index in [1.54, 1.807) is 0 Å². The first kappa shape index (κ1) is 15.3. The molecule has 1 unspecified atom stereocenters. The van der Waals surface area contributed by atoms with Crippen molar-refractivity contribution in [1.29, 1.82) is 0 Å². The highest BCUT2D eigenvalue weighted by Gasteiger charge is 2.11. The van der Waals surface area contributed by atoms with Crippen LogP contribution in [0.2, 0.25) is 0 Å². The average molecular weight is 288 g/mol. The zero-order chi connectivity index (χ0) is 14.5. The number of thiophene rings is 1. The van der Waals surface area contributed by atoms with Crippen LogP contribution in [-0.4, -0.2) is 5.11 Å². The Morgan fingerprint density at radius 1 is 1.20 bits per heavy atom. The van der Waals surface area contributed by atoms with Gasteiger partial charge in [0, 0.05) is 4.88 Å². The molecule has 1 N–H and O–H groups in total. The molecule has 0 saturated carbocycles. The summed E-state index contributed by atoms with van der Waals surface area (Å²) in [6, 6.07) is 8.81. The van der Waals surface area contributed by atoms with Crippen molar-refractivity contribution in [2.45, 2.75) is 52.6 Å². The Labute approximate surface area is 126 Å². The van der Waals surface area contributed by atoms with Crippen molar-refractivity contribution in [2.75, 3.05) is 0 Å². The molecular formula is C18H24OS. The van der Waals surface area contributed by atoms with Gasteiger partial charge in [-0.25, -0.2) is 0 Å². The summed E-state index contributed by atoms with van der Waals surface area (Å²) >= 11 is 1.87. The smallest absolute Gasteiger partial charge is 0.0684 e. The van der Waals surface area contributed by atoms with Crippen LogP contribution in [0.25, 0.3) is 0 Å². The van der Waals surface area contributed by atoms with Crippen molar-refractivity contribution in [2.24, 2.45) is 0 Å². The Kier molecular flexibility index (Phi) is 5.38. The van der Waals surface area contributed by atoms with E-state index >= 15 is 0 Å². The van der Waals surface area contributed by atoms with Crippen LogP contribution in [0.4, 0.5) is 0 Å². The number of aryl methyl sites for hydroxylation is 3. The predicted octanol–water partition coefficient (Wildman–Crippen LogP) is 4.98. The van der Waals surface area contributed by atoms with Gasteiger partial charge in [-0.2, -0.15) is 0 Å². The summed E-state index contributed by atoms with van der Waals surface area (Å²) in [4.78, 5) is 1.49. The number of aliphatic hydroxyl groups is 1. The Hall–Kier alpha value is -1.12. The van der Waals surface area contributed by atoms with Crippen LogP contribution in [0.1, 0.15) is 52.8 Å². The van der Waals surface area contributed by atoms with E-state index in [4.69, 9.17) is 0 Å². The number of benzene rings is 1. The van der Waals surface area contributed by atoms with Crippen LogP contribution in [-0.2, 0) is 13.0 Å². The summed E-state index contributed by atoms with van der Waals surface area (Å²) in [6.45, 7) is 6.65. The van der Waals surface area contributed by atoms with Gasteiger partial charge in [-0.3, -0.25) is 0 Å². The molecule has 2 aromatic rings. The van der Waals surface area contributed by atoms with Crippen LogP contribution in [0.15, 0.2) is 29.6 Å². The van der Waals surface area contributed by atoms with E-state index in [2.05, 4.69) is 50.4 Å². The van der Waals surface area contributed by atoms with E-state index in [9.17, 15) is 5.11 Å². The fourth-order valence-electron chi connectivity index (χ4n) is 2.70. The van der Waals surface area contributed by atoms with Crippen LogP contribution < -0.4 is 0 Å². The van der Waals surface area contributed by atoms with Gasteiger partial charge in [0.05, 0.1) is 6.61 Å². The molecule has 1 heterocycles. The minimum absolute atomic E-state index is 0.136. The van der Waals surface area contributed by atoms with Crippen molar-refractivity contribution in [1.82, 2.24) is 0 Å². The first-order valence-corrected chi connectivity index (χ1v) is 8.26. The first-order chi connectivity index (χ1) is 9.63. The van der Waals surface area contributed by atoms with Crippen molar-refractivity contribution < 1.29 is 5.11 Å². The summed E-state index contributed by atoms with van der Waals surface area (Å²) in [7, 11) is 0. The van der Waals surface area contributed by atoms with Gasteiger partial charge in [0.25, 0.3) is 0 Å². The Bertz CT molecular complexity index is 556. The summed E-state index contributed by atoms with van der Waals surface area (Å²) < 4.78 is 0. The third-order valence-corrected chi connectivity index (χ3v) is 5.14. The molecular weight excluding hydrogens is 264 g/mol. The second kappa shape index (κ2) is 7.05. The largest absolute Gasteiger partial charge is 0.392 e. The lowest BCUT2D eigenvalue weighted by atomic mass is 9.89. The molecule has 0 saturated heterocycles. The summed E-state index contributed by atoms with van der Waals surface area (Å²) in [5, 5.41) is 11.5. The second-order valence-electron chi connectivity index (χ2n) is 5.58. The lowest BCUT2D eigenvalue weighted by Crippen LogP contribution is -2.01. The molecule has 108 valence electrons. The van der Waals surface area contributed by atoms with Crippen molar-refractivity contribution in [3.05, 3.63) is 56.8 Å². The highest BCUT2D eigenvalue weighted by atomic mass is 32.1. The van der Waals surface area contributed by atoms with Crippen LogP contribution in [0, 0.1) is 13.8 Å². The van der Waals surface area contributed by atoms with Crippen LogP contribution in [0.3, 0.4) is 0 Å². The maximum atomic E-state index is 9.26. The lowest BCUT2D eigenvalue weighted by molar-refractivity contribution is 0.281.